The lowest BCUT2D eigenvalue weighted by molar-refractivity contribution is 0.0746. The van der Waals surface area contributed by atoms with Gasteiger partial charge in [0.2, 0.25) is 10.0 Å². The molecule has 0 spiro atoms. The molecular weight excluding hydrogens is 464 g/mol. The van der Waals surface area contributed by atoms with Crippen LogP contribution >= 0.6 is 0 Å². The fourth-order valence-electron chi connectivity index (χ4n) is 4.96. The van der Waals surface area contributed by atoms with Crippen molar-refractivity contribution < 1.29 is 13.2 Å². The number of carbonyl (C=O) groups is 1. The molecule has 0 unspecified atom stereocenters. The molecule has 1 aromatic carbocycles. The van der Waals surface area contributed by atoms with E-state index in [-0.39, 0.29) is 10.8 Å². The SMILES string of the molecule is Cc1nn(-c2ccccn2)c(C)c1N1CCN(C(=O)c2ccc(S(=O)(=O)N3CCCC3)cc2)CC1. The van der Waals surface area contributed by atoms with Crippen LogP contribution in [-0.2, 0) is 10.0 Å². The number of piperazine rings is 1. The van der Waals surface area contributed by atoms with Gasteiger partial charge in [-0.3, -0.25) is 4.79 Å². The Balaban J connectivity index is 1.26. The minimum absolute atomic E-state index is 0.0765. The van der Waals surface area contributed by atoms with Crippen molar-refractivity contribution in [2.45, 2.75) is 31.6 Å². The predicted molar refractivity (Wildman–Crippen MR) is 133 cm³/mol. The molecule has 5 rings (SSSR count). The smallest absolute Gasteiger partial charge is 0.253 e. The van der Waals surface area contributed by atoms with Gasteiger partial charge in [-0.15, -0.1) is 0 Å². The molecule has 1 amide bonds. The Morgan fingerprint density at radius 2 is 1.57 bits per heavy atom. The lowest BCUT2D eigenvalue weighted by Gasteiger charge is -2.36. The summed E-state index contributed by atoms with van der Waals surface area (Å²) in [5, 5.41) is 4.69. The van der Waals surface area contributed by atoms with Crippen LogP contribution in [0.3, 0.4) is 0 Å². The molecule has 184 valence electrons. The second-order valence-corrected chi connectivity index (χ2v) is 11.0. The molecule has 3 aromatic rings. The maximum atomic E-state index is 13.1. The second-order valence-electron chi connectivity index (χ2n) is 9.03. The van der Waals surface area contributed by atoms with Gasteiger partial charge in [0.05, 0.1) is 22.0 Å². The first kappa shape index (κ1) is 23.5. The van der Waals surface area contributed by atoms with Gasteiger partial charge < -0.3 is 9.80 Å². The molecule has 9 nitrogen and oxygen atoms in total. The van der Waals surface area contributed by atoms with Gasteiger partial charge in [-0.25, -0.2) is 18.1 Å². The minimum Gasteiger partial charge on any atom is -0.365 e. The Labute approximate surface area is 206 Å². The summed E-state index contributed by atoms with van der Waals surface area (Å²) in [4.78, 5) is 21.9. The molecular formula is C25H30N6O3S. The summed E-state index contributed by atoms with van der Waals surface area (Å²) >= 11 is 0. The van der Waals surface area contributed by atoms with E-state index in [9.17, 15) is 13.2 Å². The summed E-state index contributed by atoms with van der Waals surface area (Å²) in [5.74, 6) is 0.704. The Hall–Kier alpha value is -3.24. The highest BCUT2D eigenvalue weighted by molar-refractivity contribution is 7.89. The molecule has 0 saturated carbocycles. The molecule has 0 atom stereocenters. The van der Waals surface area contributed by atoms with E-state index in [1.54, 1.807) is 30.5 Å². The van der Waals surface area contributed by atoms with E-state index in [4.69, 9.17) is 5.10 Å². The topological polar surface area (TPSA) is 91.6 Å². The molecule has 2 aliphatic rings. The van der Waals surface area contributed by atoms with Gasteiger partial charge >= 0.3 is 0 Å². The Morgan fingerprint density at radius 1 is 0.886 bits per heavy atom. The van der Waals surface area contributed by atoms with E-state index in [0.717, 1.165) is 35.7 Å². The predicted octanol–water partition coefficient (Wildman–Crippen LogP) is 2.63. The van der Waals surface area contributed by atoms with Crippen molar-refractivity contribution in [3.8, 4) is 5.82 Å². The standard InChI is InChI=1S/C25H30N6O3S/c1-19-24(20(2)31(27-19)23-7-3-4-12-26-23)28-15-17-29(18-16-28)25(32)21-8-10-22(11-9-21)35(33,34)30-13-5-6-14-30/h3-4,7-12H,5-6,13-18H2,1-2H3. The van der Waals surface area contributed by atoms with Gasteiger partial charge in [0.1, 0.15) is 0 Å². The summed E-state index contributed by atoms with van der Waals surface area (Å²) in [6, 6.07) is 12.1. The number of aryl methyl sites for hydroxylation is 1. The zero-order chi connectivity index (χ0) is 24.6. The van der Waals surface area contributed by atoms with Crippen molar-refractivity contribution in [3.63, 3.8) is 0 Å². The van der Waals surface area contributed by atoms with Gasteiger partial charge in [0.15, 0.2) is 5.82 Å². The molecule has 0 radical (unpaired) electrons. The highest BCUT2D eigenvalue weighted by Gasteiger charge is 2.29. The van der Waals surface area contributed by atoms with E-state index < -0.39 is 10.0 Å². The maximum absolute atomic E-state index is 13.1. The number of anilines is 1. The third-order valence-corrected chi connectivity index (χ3v) is 8.72. The molecule has 2 aromatic heterocycles. The van der Waals surface area contributed by atoms with Gasteiger partial charge in [-0.2, -0.15) is 9.40 Å². The van der Waals surface area contributed by atoms with Crippen LogP contribution in [-0.4, -0.2) is 77.6 Å². The van der Waals surface area contributed by atoms with Gasteiger partial charge in [0, 0.05) is 51.0 Å². The van der Waals surface area contributed by atoms with Crippen molar-refractivity contribution in [2.24, 2.45) is 0 Å². The molecule has 35 heavy (non-hydrogen) atoms. The summed E-state index contributed by atoms with van der Waals surface area (Å²) < 4.78 is 28.9. The van der Waals surface area contributed by atoms with Crippen LogP contribution in [0, 0.1) is 13.8 Å². The van der Waals surface area contributed by atoms with E-state index >= 15 is 0 Å². The number of amides is 1. The first-order valence-electron chi connectivity index (χ1n) is 12.0. The van der Waals surface area contributed by atoms with E-state index in [0.29, 0.717) is 44.8 Å². The Morgan fingerprint density at radius 3 is 2.20 bits per heavy atom. The van der Waals surface area contributed by atoms with Crippen LogP contribution in [0.2, 0.25) is 0 Å². The Bertz CT molecular complexity index is 1310. The highest BCUT2D eigenvalue weighted by atomic mass is 32.2. The monoisotopic (exact) mass is 494 g/mol. The largest absolute Gasteiger partial charge is 0.365 e. The van der Waals surface area contributed by atoms with Crippen molar-refractivity contribution in [2.75, 3.05) is 44.2 Å². The summed E-state index contributed by atoms with van der Waals surface area (Å²) in [5.41, 5.74) is 3.55. The van der Waals surface area contributed by atoms with Gasteiger partial charge in [-0.05, 0) is 63.1 Å². The lowest BCUT2D eigenvalue weighted by atomic mass is 10.1. The van der Waals surface area contributed by atoms with Crippen molar-refractivity contribution in [3.05, 3.63) is 65.6 Å². The number of pyridine rings is 1. The Kier molecular flexibility index (Phi) is 6.33. The van der Waals surface area contributed by atoms with Crippen LogP contribution in [0.25, 0.3) is 5.82 Å². The lowest BCUT2D eigenvalue weighted by Crippen LogP contribution is -2.49. The first-order valence-corrected chi connectivity index (χ1v) is 13.4. The number of carbonyl (C=O) groups excluding carboxylic acids is 1. The third-order valence-electron chi connectivity index (χ3n) is 6.81. The number of hydrogen-bond donors (Lipinski definition) is 0. The molecule has 2 fully saturated rings. The van der Waals surface area contributed by atoms with E-state index in [2.05, 4.69) is 9.88 Å². The van der Waals surface area contributed by atoms with E-state index in [1.165, 1.54) is 4.31 Å². The van der Waals surface area contributed by atoms with E-state index in [1.807, 2.05) is 41.6 Å². The average molecular weight is 495 g/mol. The molecule has 0 N–H and O–H groups in total. The third kappa shape index (κ3) is 4.43. The number of hydrogen-bond acceptors (Lipinski definition) is 6. The van der Waals surface area contributed by atoms with Crippen LogP contribution < -0.4 is 4.90 Å². The fraction of sp³-hybridized carbons (Fsp3) is 0.400. The van der Waals surface area contributed by atoms with Crippen LogP contribution in [0.5, 0.6) is 0 Å². The number of nitrogens with zero attached hydrogens (tertiary/aromatic N) is 6. The van der Waals surface area contributed by atoms with Gasteiger partial charge in [0.25, 0.3) is 5.91 Å². The summed E-state index contributed by atoms with van der Waals surface area (Å²) in [7, 11) is -3.48. The van der Waals surface area contributed by atoms with Crippen LogP contribution in [0.15, 0.2) is 53.6 Å². The molecule has 10 heteroatoms. The maximum Gasteiger partial charge on any atom is 0.253 e. The summed E-state index contributed by atoms with van der Waals surface area (Å²) in [6.45, 7) is 7.72. The number of rotatable bonds is 5. The quantitative estimate of drug-likeness (QED) is 0.542. The molecule has 0 aliphatic carbocycles. The number of sulfonamides is 1. The molecule has 2 aliphatic heterocycles. The fourth-order valence-corrected chi connectivity index (χ4v) is 6.47. The number of aromatic nitrogens is 3. The average Bonchev–Trinajstić information content (AvgIpc) is 3.53. The zero-order valence-corrected chi connectivity index (χ0v) is 20.9. The van der Waals surface area contributed by atoms with Crippen molar-refractivity contribution in [1.29, 1.82) is 0 Å². The van der Waals surface area contributed by atoms with Gasteiger partial charge in [-0.1, -0.05) is 6.07 Å². The van der Waals surface area contributed by atoms with Crippen molar-refractivity contribution in [1.82, 2.24) is 24.0 Å². The number of benzene rings is 1. The zero-order valence-electron chi connectivity index (χ0n) is 20.1. The molecule has 0 bridgehead atoms. The first-order chi connectivity index (χ1) is 16.9. The van der Waals surface area contributed by atoms with Crippen LogP contribution in [0.4, 0.5) is 5.69 Å². The second kappa shape index (κ2) is 9.43. The molecule has 2 saturated heterocycles. The summed E-state index contributed by atoms with van der Waals surface area (Å²) in [6.07, 6.45) is 3.54. The molecule has 4 heterocycles. The van der Waals surface area contributed by atoms with Crippen LogP contribution in [0.1, 0.15) is 34.6 Å². The van der Waals surface area contributed by atoms with Crippen molar-refractivity contribution >= 4 is 21.6 Å². The minimum atomic E-state index is -3.48. The normalized spacial score (nSPS) is 17.2. The highest BCUT2D eigenvalue weighted by Crippen LogP contribution is 2.28.